The first-order chi connectivity index (χ1) is 12.6. The van der Waals surface area contributed by atoms with Crippen molar-refractivity contribution in [2.75, 3.05) is 0 Å². The van der Waals surface area contributed by atoms with Gasteiger partial charge in [-0.15, -0.1) is 0 Å². The van der Waals surface area contributed by atoms with Crippen LogP contribution in [0.1, 0.15) is 18.5 Å². The summed E-state index contributed by atoms with van der Waals surface area (Å²) in [5, 5.41) is 7.50. The largest absolute Gasteiger partial charge is 0.463 e. The van der Waals surface area contributed by atoms with E-state index in [1.165, 1.54) is 6.33 Å². The molecule has 0 aliphatic rings. The molecule has 7 nitrogen and oxygen atoms in total. The van der Waals surface area contributed by atoms with Crippen molar-refractivity contribution in [1.82, 2.24) is 19.5 Å². The van der Waals surface area contributed by atoms with Gasteiger partial charge in [-0.05, 0) is 18.6 Å². The minimum absolute atomic E-state index is 0.276. The van der Waals surface area contributed by atoms with Crippen LogP contribution in [0.25, 0.3) is 16.6 Å². The maximum absolute atomic E-state index is 12.7. The van der Waals surface area contributed by atoms with Gasteiger partial charge in [-0.3, -0.25) is 14.0 Å². The molecule has 1 unspecified atom stereocenters. The summed E-state index contributed by atoms with van der Waals surface area (Å²) in [6, 6.07) is 9.89. The molecule has 132 valence electrons. The Morgan fingerprint density at radius 2 is 2.12 bits per heavy atom. The Labute approximate surface area is 152 Å². The molecule has 0 fully saturated rings. The predicted molar refractivity (Wildman–Crippen MR) is 97.2 cm³/mol. The number of benzene rings is 1. The van der Waals surface area contributed by atoms with E-state index in [9.17, 15) is 9.59 Å². The maximum Gasteiger partial charge on any atom is 0.291 e. The maximum atomic E-state index is 12.7. The van der Waals surface area contributed by atoms with Crippen LogP contribution in [0.5, 0.6) is 0 Å². The molecule has 0 bridgehead atoms. The Morgan fingerprint density at radius 1 is 1.31 bits per heavy atom. The molecule has 3 aromatic heterocycles. The molecule has 0 spiro atoms. The third-order valence-electron chi connectivity index (χ3n) is 4.34. The lowest BCUT2D eigenvalue weighted by Crippen LogP contribution is -2.37. The Bertz CT molecular complexity index is 1170. The molecule has 26 heavy (non-hydrogen) atoms. The van der Waals surface area contributed by atoms with E-state index in [0.717, 1.165) is 15.8 Å². The average molecular weight is 371 g/mol. The van der Waals surface area contributed by atoms with E-state index in [0.29, 0.717) is 16.1 Å². The van der Waals surface area contributed by atoms with Crippen LogP contribution in [0.4, 0.5) is 0 Å². The number of rotatable bonds is 4. The lowest BCUT2D eigenvalue weighted by Gasteiger charge is -2.14. The molecule has 0 aliphatic carbocycles. The van der Waals surface area contributed by atoms with Crippen molar-refractivity contribution in [2.45, 2.75) is 19.5 Å². The van der Waals surface area contributed by atoms with Crippen LogP contribution in [-0.4, -0.2) is 20.1 Å². The van der Waals surface area contributed by atoms with Crippen molar-refractivity contribution < 1.29 is 9.21 Å². The van der Waals surface area contributed by atoms with Crippen molar-refractivity contribution in [3.8, 4) is 0 Å². The number of nitrogens with one attached hydrogen (secondary N) is 1. The Morgan fingerprint density at radius 3 is 2.92 bits per heavy atom. The minimum atomic E-state index is -0.767. The molecular weight excluding hydrogens is 356 g/mol. The van der Waals surface area contributed by atoms with Crippen LogP contribution < -0.4 is 10.9 Å². The fraction of sp³-hybridized carbons (Fsp3) is 0.167. The number of carbonyl (C=O) groups is 1. The number of halogens is 1. The molecule has 0 saturated heterocycles. The molecular formula is C18H15ClN4O3. The molecule has 4 rings (SSSR count). The summed E-state index contributed by atoms with van der Waals surface area (Å²) in [5.41, 5.74) is 2.20. The van der Waals surface area contributed by atoms with Crippen molar-refractivity contribution in [1.29, 1.82) is 0 Å². The Kier molecular flexibility index (Phi) is 4.00. The van der Waals surface area contributed by atoms with Gasteiger partial charge < -0.3 is 9.73 Å². The fourth-order valence-electron chi connectivity index (χ4n) is 2.87. The van der Waals surface area contributed by atoms with E-state index in [-0.39, 0.29) is 18.0 Å². The van der Waals surface area contributed by atoms with E-state index in [2.05, 4.69) is 10.4 Å². The van der Waals surface area contributed by atoms with Gasteiger partial charge in [0, 0.05) is 23.7 Å². The SMILES string of the molecule is CC(C(=O)NCc1ccccc1Cl)n1ncn2c(cc3occc32)c1=O. The minimum Gasteiger partial charge on any atom is -0.463 e. The van der Waals surface area contributed by atoms with Crippen LogP contribution in [0.3, 0.4) is 0 Å². The second kappa shape index (κ2) is 6.34. The first kappa shape index (κ1) is 16.4. The predicted octanol–water partition coefficient (Wildman–Crippen LogP) is 2.77. The molecule has 0 aliphatic heterocycles. The number of aromatic nitrogens is 3. The standard InChI is InChI=1S/C18H15ClN4O3/c1-11(17(24)20-9-12-4-2-3-5-13(12)19)23-18(25)15-8-16-14(6-7-26-16)22(15)10-21-23/h2-8,10-11H,9H2,1H3,(H,20,24). The normalized spacial score (nSPS) is 12.5. The summed E-state index contributed by atoms with van der Waals surface area (Å²) in [5.74, 6) is -0.320. The molecule has 1 amide bonds. The van der Waals surface area contributed by atoms with Crippen LogP contribution in [0, 0.1) is 0 Å². The number of hydrogen-bond donors (Lipinski definition) is 1. The molecule has 1 atom stereocenters. The van der Waals surface area contributed by atoms with Gasteiger partial charge in [0.25, 0.3) is 5.56 Å². The van der Waals surface area contributed by atoms with E-state index in [1.807, 2.05) is 18.2 Å². The number of hydrogen-bond acceptors (Lipinski definition) is 4. The van der Waals surface area contributed by atoms with Crippen molar-refractivity contribution in [3.05, 3.63) is 69.9 Å². The smallest absolute Gasteiger partial charge is 0.291 e. The van der Waals surface area contributed by atoms with Crippen LogP contribution in [0.15, 0.2) is 58.2 Å². The molecule has 8 heteroatoms. The van der Waals surface area contributed by atoms with Gasteiger partial charge in [-0.2, -0.15) is 5.10 Å². The summed E-state index contributed by atoms with van der Waals surface area (Å²) in [6.45, 7) is 1.90. The highest BCUT2D eigenvalue weighted by atomic mass is 35.5. The van der Waals surface area contributed by atoms with Gasteiger partial charge >= 0.3 is 0 Å². The fourth-order valence-corrected chi connectivity index (χ4v) is 3.07. The number of furan rings is 1. The second-order valence-corrected chi connectivity index (χ2v) is 6.34. The summed E-state index contributed by atoms with van der Waals surface area (Å²) < 4.78 is 8.12. The zero-order valence-corrected chi connectivity index (χ0v) is 14.6. The molecule has 3 heterocycles. The average Bonchev–Trinajstić information content (AvgIpc) is 3.22. The molecule has 0 radical (unpaired) electrons. The van der Waals surface area contributed by atoms with E-state index in [4.69, 9.17) is 16.0 Å². The monoisotopic (exact) mass is 370 g/mol. The number of amides is 1. The van der Waals surface area contributed by atoms with Crippen LogP contribution >= 0.6 is 11.6 Å². The van der Waals surface area contributed by atoms with E-state index in [1.54, 1.807) is 35.8 Å². The van der Waals surface area contributed by atoms with Gasteiger partial charge in [0.15, 0.2) is 5.58 Å². The van der Waals surface area contributed by atoms with Gasteiger partial charge in [-0.25, -0.2) is 4.68 Å². The zero-order chi connectivity index (χ0) is 18.3. The first-order valence-electron chi connectivity index (χ1n) is 8.03. The number of fused-ring (bicyclic) bond motifs is 3. The van der Waals surface area contributed by atoms with Crippen molar-refractivity contribution in [3.63, 3.8) is 0 Å². The van der Waals surface area contributed by atoms with Crippen molar-refractivity contribution in [2.24, 2.45) is 0 Å². The topological polar surface area (TPSA) is 81.5 Å². The summed E-state index contributed by atoms with van der Waals surface area (Å²) in [4.78, 5) is 25.2. The van der Waals surface area contributed by atoms with Gasteiger partial charge in [0.1, 0.15) is 17.9 Å². The quantitative estimate of drug-likeness (QED) is 0.599. The zero-order valence-electron chi connectivity index (χ0n) is 13.8. The molecule has 4 aromatic rings. The summed E-state index contributed by atoms with van der Waals surface area (Å²) in [7, 11) is 0. The third kappa shape index (κ3) is 2.66. The molecule has 0 saturated carbocycles. The third-order valence-corrected chi connectivity index (χ3v) is 4.70. The first-order valence-corrected chi connectivity index (χ1v) is 8.41. The van der Waals surface area contributed by atoms with Crippen LogP contribution in [0.2, 0.25) is 5.02 Å². The Balaban J connectivity index is 1.60. The summed E-state index contributed by atoms with van der Waals surface area (Å²) in [6.07, 6.45) is 3.06. The van der Waals surface area contributed by atoms with Crippen molar-refractivity contribution >= 4 is 34.1 Å². The Hall–Kier alpha value is -3.06. The van der Waals surface area contributed by atoms with E-state index < -0.39 is 6.04 Å². The lowest BCUT2D eigenvalue weighted by molar-refractivity contribution is -0.124. The highest BCUT2D eigenvalue weighted by molar-refractivity contribution is 6.31. The van der Waals surface area contributed by atoms with Gasteiger partial charge in [-0.1, -0.05) is 29.8 Å². The highest BCUT2D eigenvalue weighted by Crippen LogP contribution is 2.19. The number of carbonyl (C=O) groups excluding carboxylic acids is 1. The van der Waals surface area contributed by atoms with Gasteiger partial charge in [0.05, 0.1) is 11.8 Å². The highest BCUT2D eigenvalue weighted by Gasteiger charge is 2.20. The summed E-state index contributed by atoms with van der Waals surface area (Å²) >= 11 is 6.09. The van der Waals surface area contributed by atoms with Gasteiger partial charge in [0.2, 0.25) is 5.91 Å². The van der Waals surface area contributed by atoms with Crippen LogP contribution in [-0.2, 0) is 11.3 Å². The molecule has 1 aromatic carbocycles. The molecule has 1 N–H and O–H groups in total. The lowest BCUT2D eigenvalue weighted by atomic mass is 10.2. The second-order valence-electron chi connectivity index (χ2n) is 5.94. The number of nitrogens with zero attached hydrogens (tertiary/aromatic N) is 3. The van der Waals surface area contributed by atoms with E-state index >= 15 is 0 Å².